The van der Waals surface area contributed by atoms with Crippen LogP contribution in [0.2, 0.25) is 0 Å². The Morgan fingerprint density at radius 1 is 1.29 bits per heavy atom. The van der Waals surface area contributed by atoms with Gasteiger partial charge in [-0.2, -0.15) is 0 Å². The van der Waals surface area contributed by atoms with Gasteiger partial charge in [-0.05, 0) is 0 Å². The van der Waals surface area contributed by atoms with Crippen LogP contribution in [0.15, 0.2) is 12.7 Å². The van der Waals surface area contributed by atoms with Crippen molar-refractivity contribution in [2.24, 2.45) is 0 Å². The Bertz CT molecular complexity index is 939. The van der Waals surface area contributed by atoms with Crippen LogP contribution in [0.4, 0.5) is 5.82 Å². The Labute approximate surface area is 179 Å². The number of nitrogens with two attached hydrogens (primary N) is 1. The number of hydrogen-bond donors (Lipinski definition) is 6. The van der Waals surface area contributed by atoms with Gasteiger partial charge in [-0.15, -0.1) is 0 Å². The van der Waals surface area contributed by atoms with Crippen LogP contribution in [0.3, 0.4) is 0 Å². The van der Waals surface area contributed by atoms with Gasteiger partial charge in [0.15, 0.2) is 17.7 Å². The van der Waals surface area contributed by atoms with Gasteiger partial charge in [0.1, 0.15) is 30.2 Å². The molecule has 2 aromatic rings. The van der Waals surface area contributed by atoms with Gasteiger partial charge in [-0.25, -0.2) is 28.9 Å². The number of anilines is 1. The first-order valence-electron chi connectivity index (χ1n) is 7.26. The molecule has 15 nitrogen and oxygen atoms in total. The van der Waals surface area contributed by atoms with E-state index in [1.807, 2.05) is 5.09 Å². The Kier molecular flexibility index (Phi) is 7.38. The quantitative estimate of drug-likeness (QED) is 0.178. The molecule has 0 bridgehead atoms. The number of imidazole rings is 1. The van der Waals surface area contributed by atoms with Gasteiger partial charge in [0.05, 0.1) is 6.33 Å². The summed E-state index contributed by atoms with van der Waals surface area (Å²) in [5.74, 6) is 0.0921. The fraction of sp³-hybridized carbons (Fsp3) is 0.500. The van der Waals surface area contributed by atoms with Gasteiger partial charge >= 0.3 is 37.3 Å². The second-order valence-corrected chi connectivity index (χ2v) is 8.51. The number of nitrogen functional groups attached to an aromatic ring is 1. The number of aliphatic hydroxyl groups excluding tert-OH is 2. The van der Waals surface area contributed by atoms with E-state index >= 15 is 0 Å². The van der Waals surface area contributed by atoms with E-state index in [1.54, 1.807) is 0 Å². The summed E-state index contributed by atoms with van der Waals surface area (Å²) in [6.45, 7) is -0.591. The molecular formula is C10H15N6NaO9P2. The van der Waals surface area contributed by atoms with Crippen LogP contribution in [-0.2, 0) is 18.2 Å². The topological polar surface area (TPSA) is 238 Å². The van der Waals surface area contributed by atoms with Gasteiger partial charge in [-0.1, -0.05) is 0 Å². The molecule has 3 heterocycles. The zero-order valence-electron chi connectivity index (χ0n) is 14.3. The van der Waals surface area contributed by atoms with E-state index in [0.29, 0.717) is 0 Å². The Balaban J connectivity index is 0.00000280. The minimum absolute atomic E-state index is 0. The van der Waals surface area contributed by atoms with Gasteiger partial charge in [-0.3, -0.25) is 9.13 Å². The third-order valence-corrected chi connectivity index (χ3v) is 6.00. The van der Waals surface area contributed by atoms with Gasteiger partial charge in [0, 0.05) is 6.54 Å². The fourth-order valence-corrected chi connectivity index (χ4v) is 4.32. The van der Waals surface area contributed by atoms with Gasteiger partial charge < -0.3 is 35.4 Å². The van der Waals surface area contributed by atoms with Crippen molar-refractivity contribution in [2.75, 3.05) is 12.3 Å². The van der Waals surface area contributed by atoms with Crippen molar-refractivity contribution in [1.29, 1.82) is 0 Å². The number of rotatable bonds is 6. The van der Waals surface area contributed by atoms with Gasteiger partial charge in [0.25, 0.3) is 7.82 Å². The third-order valence-electron chi connectivity index (χ3n) is 3.70. The molecule has 0 radical (unpaired) electrons. The molecule has 18 heteroatoms. The molecule has 1 fully saturated rings. The maximum Gasteiger partial charge on any atom is 1.00 e. The standard InChI is InChI=1S/C10H16N6O9P2.Na/c11-8-5-9(13-2-12-8)16(3-14-5)10-7(18)6(17)4(24-10)1-15-26(19,20)25-27(21,22)23;/h2-4,6-7,10,17-18H,1H2,(H2,11,12,13)(H2,15,19,20)(H2,21,22,23);/q;+1/p-1/t4-,6-,7-,10-;/m1./s1. The number of phosphoric acid groups is 1. The molecule has 2 unspecified atom stereocenters. The van der Waals surface area contributed by atoms with E-state index in [1.165, 1.54) is 17.2 Å². The summed E-state index contributed by atoms with van der Waals surface area (Å²) in [5.41, 5.74) is 6.13. The minimum atomic E-state index is -5.48. The zero-order valence-corrected chi connectivity index (χ0v) is 18.1. The van der Waals surface area contributed by atoms with Crippen LogP contribution >= 0.6 is 15.6 Å². The van der Waals surface area contributed by atoms with Crippen molar-refractivity contribution in [3.05, 3.63) is 12.7 Å². The third kappa shape index (κ3) is 5.15. The van der Waals surface area contributed by atoms with Crippen LogP contribution in [0.25, 0.3) is 11.2 Å². The molecule has 0 aliphatic carbocycles. The molecule has 0 saturated carbocycles. The van der Waals surface area contributed by atoms with E-state index in [2.05, 4.69) is 19.3 Å². The van der Waals surface area contributed by atoms with Crippen LogP contribution in [0, 0.1) is 0 Å². The Morgan fingerprint density at radius 3 is 2.61 bits per heavy atom. The summed E-state index contributed by atoms with van der Waals surface area (Å²) in [4.78, 5) is 40.1. The first-order chi connectivity index (χ1) is 12.5. The van der Waals surface area contributed by atoms with E-state index in [0.717, 1.165) is 0 Å². The molecule has 0 amide bonds. The van der Waals surface area contributed by atoms with E-state index in [4.69, 9.17) is 15.4 Å². The summed E-state index contributed by atoms with van der Waals surface area (Å²) >= 11 is 0. The number of ether oxygens (including phenoxy) is 1. The first kappa shape index (κ1) is 23.8. The number of aliphatic hydroxyl groups is 2. The molecule has 1 aliphatic rings. The Hall–Kier alpha value is -0.510. The minimum Gasteiger partial charge on any atom is -0.756 e. The maximum atomic E-state index is 11.5. The normalized spacial score (nSPS) is 29.2. The van der Waals surface area contributed by atoms with Gasteiger partial charge in [0.2, 0.25) is 0 Å². The van der Waals surface area contributed by atoms with Crippen molar-refractivity contribution in [2.45, 2.75) is 24.5 Å². The molecule has 7 N–H and O–H groups in total. The van der Waals surface area contributed by atoms with Crippen LogP contribution in [0.1, 0.15) is 6.23 Å². The smallest absolute Gasteiger partial charge is 0.756 e. The maximum absolute atomic E-state index is 11.5. The fourth-order valence-electron chi connectivity index (χ4n) is 2.56. The largest absolute Gasteiger partial charge is 1.00 e. The predicted molar refractivity (Wildman–Crippen MR) is 84.4 cm³/mol. The molecule has 0 spiro atoms. The molecule has 0 aromatic carbocycles. The second-order valence-electron chi connectivity index (χ2n) is 5.56. The van der Waals surface area contributed by atoms with Crippen molar-refractivity contribution in [3.8, 4) is 0 Å². The summed E-state index contributed by atoms with van der Waals surface area (Å²) in [6.07, 6.45) is -2.99. The molecule has 28 heavy (non-hydrogen) atoms. The summed E-state index contributed by atoms with van der Waals surface area (Å²) in [6, 6.07) is 0. The molecule has 3 rings (SSSR count). The molecule has 6 atom stereocenters. The van der Waals surface area contributed by atoms with Crippen molar-refractivity contribution >= 4 is 32.6 Å². The molecular weight excluding hydrogens is 433 g/mol. The summed E-state index contributed by atoms with van der Waals surface area (Å²) in [5, 5.41) is 22.1. The van der Waals surface area contributed by atoms with E-state index in [9.17, 15) is 29.1 Å². The van der Waals surface area contributed by atoms with E-state index < -0.39 is 46.7 Å². The number of fused-ring (bicyclic) bond motifs is 1. The second kappa shape index (κ2) is 8.70. The van der Waals surface area contributed by atoms with Crippen molar-refractivity contribution < 1.29 is 72.6 Å². The van der Waals surface area contributed by atoms with Crippen molar-refractivity contribution in [3.63, 3.8) is 0 Å². The van der Waals surface area contributed by atoms with Crippen LogP contribution in [0.5, 0.6) is 0 Å². The predicted octanol–water partition coefficient (Wildman–Crippen LogP) is -5.80. The summed E-state index contributed by atoms with van der Waals surface area (Å²) in [7, 11) is -10.4. The van der Waals surface area contributed by atoms with E-state index in [-0.39, 0.29) is 46.5 Å². The number of nitrogens with zero attached hydrogens (tertiary/aromatic N) is 4. The molecule has 2 aromatic heterocycles. The molecule has 1 aliphatic heterocycles. The molecule has 150 valence electrons. The number of nitrogens with one attached hydrogen (secondary N) is 1. The Morgan fingerprint density at radius 2 is 1.96 bits per heavy atom. The van der Waals surface area contributed by atoms with Crippen LogP contribution in [-0.4, -0.2) is 64.4 Å². The SMILES string of the molecule is Nc1ncnc2c1ncn2[C@@H]1O[C@H](CNP(=O)(O)OP(=O)([O-])O)[C@@H](O)[C@H]1O.[Na+]. The first-order valence-corrected chi connectivity index (χ1v) is 10.3. The monoisotopic (exact) mass is 448 g/mol. The average molecular weight is 448 g/mol. The van der Waals surface area contributed by atoms with Crippen molar-refractivity contribution in [1.82, 2.24) is 24.6 Å². The molecule has 1 saturated heterocycles. The number of aromatic nitrogens is 4. The number of hydrogen-bond acceptors (Lipinski definition) is 11. The average Bonchev–Trinajstić information content (AvgIpc) is 3.07. The summed E-state index contributed by atoms with van der Waals surface area (Å²) < 4.78 is 32.5. The zero-order chi connectivity index (χ0) is 20.0. The van der Waals surface area contributed by atoms with Crippen LogP contribution < -0.4 is 45.3 Å².